The lowest BCUT2D eigenvalue weighted by Crippen LogP contribution is -2.12. The lowest BCUT2D eigenvalue weighted by Gasteiger charge is -2.23. The minimum absolute atomic E-state index is 0.113. The zero-order chi connectivity index (χ0) is 14.5. The number of alkyl halides is 3. The Bertz CT molecular complexity index is 660. The van der Waals surface area contributed by atoms with Crippen LogP contribution in [0.3, 0.4) is 0 Å². The van der Waals surface area contributed by atoms with Gasteiger partial charge in [-0.2, -0.15) is 13.2 Å². The van der Waals surface area contributed by atoms with Gasteiger partial charge in [-0.3, -0.25) is 0 Å². The Morgan fingerprint density at radius 3 is 2.50 bits per heavy atom. The Kier molecular flexibility index (Phi) is 3.52. The summed E-state index contributed by atoms with van der Waals surface area (Å²) in [5, 5.41) is 1.43. The molecule has 7 heteroatoms. The molecule has 1 aromatic heterocycles. The van der Waals surface area contributed by atoms with Crippen molar-refractivity contribution >= 4 is 38.6 Å². The predicted octanol–water partition coefficient (Wildman–Crippen LogP) is 5.73. The zero-order valence-corrected chi connectivity index (χ0v) is 12.6. The molecule has 0 unspecified atom stereocenters. The fourth-order valence-corrected chi connectivity index (χ4v) is 4.06. The standard InChI is InChI=1S/C13H10BrF4NS/c14-11-7-4-10(20-6-2-1-3-6)19-12(7)9(15)5-8(11)13(16,17)18/h4-6,19H,1-3H2. The molecular formula is C13H10BrF4NS. The minimum atomic E-state index is -4.58. The highest BCUT2D eigenvalue weighted by atomic mass is 79.9. The molecule has 108 valence electrons. The van der Waals surface area contributed by atoms with Crippen LogP contribution in [0.5, 0.6) is 0 Å². The van der Waals surface area contributed by atoms with E-state index >= 15 is 0 Å². The van der Waals surface area contributed by atoms with Gasteiger partial charge >= 0.3 is 6.18 Å². The van der Waals surface area contributed by atoms with Gasteiger partial charge in [0.05, 0.1) is 16.1 Å². The number of nitrogens with one attached hydrogen (secondary N) is 1. The van der Waals surface area contributed by atoms with Crippen LogP contribution in [0.1, 0.15) is 24.8 Å². The number of benzene rings is 1. The summed E-state index contributed by atoms with van der Waals surface area (Å²) in [4.78, 5) is 2.87. The lowest BCUT2D eigenvalue weighted by atomic mass is 10.0. The van der Waals surface area contributed by atoms with Crippen molar-refractivity contribution < 1.29 is 17.6 Å². The SMILES string of the molecule is Fc1cc(C(F)(F)F)c(Br)c2cc(SC3CCC3)[nH]c12. The van der Waals surface area contributed by atoms with Gasteiger partial charge in [0.2, 0.25) is 0 Å². The molecule has 1 heterocycles. The molecule has 1 fully saturated rings. The molecule has 3 rings (SSSR count). The second-order valence-corrected chi connectivity index (χ2v) is 6.95. The summed E-state index contributed by atoms with van der Waals surface area (Å²) in [6, 6.07) is 2.11. The smallest absolute Gasteiger partial charge is 0.347 e. The second kappa shape index (κ2) is 4.94. The number of hydrogen-bond acceptors (Lipinski definition) is 1. The van der Waals surface area contributed by atoms with Crippen molar-refractivity contribution in [2.45, 2.75) is 35.7 Å². The first-order valence-electron chi connectivity index (χ1n) is 6.11. The number of halogens is 5. The Hall–Kier alpha value is -0.690. The number of thioether (sulfide) groups is 1. The van der Waals surface area contributed by atoms with Gasteiger partial charge in [-0.1, -0.05) is 6.42 Å². The van der Waals surface area contributed by atoms with E-state index in [2.05, 4.69) is 20.9 Å². The van der Waals surface area contributed by atoms with E-state index in [4.69, 9.17) is 0 Å². The van der Waals surface area contributed by atoms with E-state index in [-0.39, 0.29) is 15.4 Å². The van der Waals surface area contributed by atoms with Gasteiger partial charge < -0.3 is 4.98 Å². The highest BCUT2D eigenvalue weighted by Crippen LogP contribution is 2.42. The Balaban J connectivity index is 2.08. The van der Waals surface area contributed by atoms with Crippen LogP contribution in [0, 0.1) is 5.82 Å². The second-order valence-electron chi connectivity index (χ2n) is 4.81. The summed E-state index contributed by atoms with van der Waals surface area (Å²) in [6.07, 6.45) is -1.21. The third-order valence-electron chi connectivity index (χ3n) is 3.43. The van der Waals surface area contributed by atoms with E-state index < -0.39 is 17.6 Å². The van der Waals surface area contributed by atoms with E-state index in [1.165, 1.54) is 6.42 Å². The van der Waals surface area contributed by atoms with Crippen molar-refractivity contribution in [3.63, 3.8) is 0 Å². The first-order valence-corrected chi connectivity index (χ1v) is 7.78. The van der Waals surface area contributed by atoms with E-state index in [1.54, 1.807) is 17.8 Å². The van der Waals surface area contributed by atoms with Crippen LogP contribution in [0.2, 0.25) is 0 Å². The molecular weight excluding hydrogens is 358 g/mol. The number of aromatic amines is 1. The summed E-state index contributed by atoms with van der Waals surface area (Å²) >= 11 is 4.51. The van der Waals surface area contributed by atoms with Gasteiger partial charge in [0.1, 0.15) is 5.82 Å². The summed E-state index contributed by atoms with van der Waals surface area (Å²) in [5.41, 5.74) is -0.867. The monoisotopic (exact) mass is 367 g/mol. The van der Waals surface area contributed by atoms with Gasteiger partial charge in [0, 0.05) is 15.1 Å². The van der Waals surface area contributed by atoms with Crippen molar-refractivity contribution in [2.75, 3.05) is 0 Å². The Morgan fingerprint density at radius 1 is 1.25 bits per heavy atom. The molecule has 1 nitrogen and oxygen atoms in total. The fourth-order valence-electron chi connectivity index (χ4n) is 2.14. The maximum atomic E-state index is 13.8. The van der Waals surface area contributed by atoms with Crippen LogP contribution >= 0.6 is 27.7 Å². The minimum Gasteiger partial charge on any atom is -0.347 e. The molecule has 0 atom stereocenters. The Morgan fingerprint density at radius 2 is 1.95 bits per heavy atom. The number of rotatable bonds is 2. The maximum absolute atomic E-state index is 13.8. The molecule has 1 aliphatic rings. The van der Waals surface area contributed by atoms with Gasteiger partial charge in [-0.15, -0.1) is 11.8 Å². The average molecular weight is 368 g/mol. The number of H-pyrrole nitrogens is 1. The fraction of sp³-hybridized carbons (Fsp3) is 0.385. The topological polar surface area (TPSA) is 15.8 Å². The predicted molar refractivity (Wildman–Crippen MR) is 74.5 cm³/mol. The van der Waals surface area contributed by atoms with Crippen molar-refractivity contribution in [3.8, 4) is 0 Å². The molecule has 0 aliphatic heterocycles. The van der Waals surface area contributed by atoms with Crippen molar-refractivity contribution in [2.24, 2.45) is 0 Å². The summed E-state index contributed by atoms with van der Waals surface area (Å²) in [7, 11) is 0. The van der Waals surface area contributed by atoms with E-state index in [0.717, 1.165) is 12.8 Å². The first-order chi connectivity index (χ1) is 9.36. The van der Waals surface area contributed by atoms with E-state index in [9.17, 15) is 17.6 Å². The molecule has 2 aromatic rings. The van der Waals surface area contributed by atoms with Crippen LogP contribution in [-0.4, -0.2) is 10.2 Å². The summed E-state index contributed by atoms with van der Waals surface area (Å²) in [6.45, 7) is 0. The molecule has 0 amide bonds. The van der Waals surface area contributed by atoms with Gasteiger partial charge in [-0.05, 0) is 40.9 Å². The van der Waals surface area contributed by atoms with Crippen molar-refractivity contribution in [1.29, 1.82) is 0 Å². The van der Waals surface area contributed by atoms with Gasteiger partial charge in [0.15, 0.2) is 0 Å². The van der Waals surface area contributed by atoms with Crippen molar-refractivity contribution in [3.05, 3.63) is 28.0 Å². The van der Waals surface area contributed by atoms with Crippen molar-refractivity contribution in [1.82, 2.24) is 4.98 Å². The van der Waals surface area contributed by atoms with Gasteiger partial charge in [-0.25, -0.2) is 4.39 Å². The van der Waals surface area contributed by atoms with Crippen LogP contribution in [-0.2, 0) is 6.18 Å². The quantitative estimate of drug-likeness (QED) is 0.669. The molecule has 1 N–H and O–H groups in total. The number of aromatic nitrogens is 1. The largest absolute Gasteiger partial charge is 0.417 e. The van der Waals surface area contributed by atoms with Crippen LogP contribution in [0.25, 0.3) is 10.9 Å². The normalized spacial score (nSPS) is 16.6. The van der Waals surface area contributed by atoms with Crippen LogP contribution in [0.15, 0.2) is 21.6 Å². The molecule has 1 saturated carbocycles. The molecule has 0 spiro atoms. The van der Waals surface area contributed by atoms with Crippen LogP contribution < -0.4 is 0 Å². The Labute approximate surface area is 125 Å². The van der Waals surface area contributed by atoms with E-state index in [1.807, 2.05) is 0 Å². The highest BCUT2D eigenvalue weighted by Gasteiger charge is 2.35. The lowest BCUT2D eigenvalue weighted by molar-refractivity contribution is -0.138. The zero-order valence-electron chi connectivity index (χ0n) is 10.2. The average Bonchev–Trinajstić information content (AvgIpc) is 2.72. The molecule has 20 heavy (non-hydrogen) atoms. The molecule has 0 saturated heterocycles. The first kappa shape index (κ1) is 14.3. The third-order valence-corrected chi connectivity index (χ3v) is 5.56. The number of hydrogen-bond donors (Lipinski definition) is 1. The molecule has 1 aromatic carbocycles. The summed E-state index contributed by atoms with van der Waals surface area (Å²) < 4.78 is 52.2. The maximum Gasteiger partial charge on any atom is 0.417 e. The number of fused-ring (bicyclic) bond motifs is 1. The molecule has 0 bridgehead atoms. The highest BCUT2D eigenvalue weighted by molar-refractivity contribution is 9.10. The van der Waals surface area contributed by atoms with Gasteiger partial charge in [0.25, 0.3) is 0 Å². The molecule has 0 radical (unpaired) electrons. The molecule has 1 aliphatic carbocycles. The third kappa shape index (κ3) is 2.45. The summed E-state index contributed by atoms with van der Waals surface area (Å²) in [5.74, 6) is -0.879. The van der Waals surface area contributed by atoms with E-state index in [0.29, 0.717) is 16.3 Å². The van der Waals surface area contributed by atoms with Crippen LogP contribution in [0.4, 0.5) is 17.6 Å².